The number of hydrogen-bond donors (Lipinski definition) is 1. The summed E-state index contributed by atoms with van der Waals surface area (Å²) in [6.07, 6.45) is 0.675. The fourth-order valence-electron chi connectivity index (χ4n) is 1.85. The lowest BCUT2D eigenvalue weighted by Gasteiger charge is -2.13. The Morgan fingerprint density at radius 3 is 2.65 bits per heavy atom. The Labute approximate surface area is 116 Å². The van der Waals surface area contributed by atoms with Crippen molar-refractivity contribution in [3.63, 3.8) is 0 Å². The van der Waals surface area contributed by atoms with Crippen molar-refractivity contribution in [2.45, 2.75) is 26.3 Å². The third-order valence-electron chi connectivity index (χ3n) is 2.97. The van der Waals surface area contributed by atoms with Crippen LogP contribution in [0.4, 0.5) is 5.69 Å². The fraction of sp³-hybridized carbons (Fsp3) is 0.385. The topological polar surface area (TPSA) is 94.1 Å². The first-order chi connectivity index (χ1) is 9.56. The van der Waals surface area contributed by atoms with Crippen LogP contribution in [-0.4, -0.2) is 21.6 Å². The van der Waals surface area contributed by atoms with E-state index in [1.165, 1.54) is 12.1 Å². The van der Waals surface area contributed by atoms with Crippen LogP contribution in [0.1, 0.15) is 30.2 Å². The molecule has 0 aliphatic heterocycles. The van der Waals surface area contributed by atoms with E-state index in [4.69, 9.17) is 4.52 Å². The molecule has 0 saturated carbocycles. The first-order valence-electron chi connectivity index (χ1n) is 6.33. The second-order valence-electron chi connectivity index (χ2n) is 4.50. The van der Waals surface area contributed by atoms with Gasteiger partial charge in [0.1, 0.15) is 0 Å². The molecule has 0 bridgehead atoms. The number of aromatic nitrogens is 2. The van der Waals surface area contributed by atoms with Gasteiger partial charge in [-0.15, -0.1) is 0 Å². The van der Waals surface area contributed by atoms with Gasteiger partial charge in [0, 0.05) is 38.1 Å². The van der Waals surface area contributed by atoms with Gasteiger partial charge in [-0.2, -0.15) is 4.98 Å². The summed E-state index contributed by atoms with van der Waals surface area (Å²) in [5.74, 6) is 1.23. The average Bonchev–Trinajstić information content (AvgIpc) is 2.84. The molecule has 1 unspecified atom stereocenters. The molecule has 0 aliphatic carbocycles. The Hall–Kier alpha value is -2.28. The van der Waals surface area contributed by atoms with Crippen LogP contribution in [0.15, 0.2) is 28.8 Å². The van der Waals surface area contributed by atoms with E-state index in [1.807, 2.05) is 6.92 Å². The van der Waals surface area contributed by atoms with E-state index in [1.54, 1.807) is 19.1 Å². The van der Waals surface area contributed by atoms with Crippen molar-refractivity contribution in [2.24, 2.45) is 0 Å². The van der Waals surface area contributed by atoms with Gasteiger partial charge in [-0.3, -0.25) is 10.1 Å². The van der Waals surface area contributed by atoms with Crippen LogP contribution in [0.5, 0.6) is 0 Å². The van der Waals surface area contributed by atoms with Crippen molar-refractivity contribution in [3.05, 3.63) is 51.7 Å². The molecule has 0 amide bonds. The highest BCUT2D eigenvalue weighted by atomic mass is 16.6. The summed E-state index contributed by atoms with van der Waals surface area (Å²) in [4.78, 5) is 14.3. The van der Waals surface area contributed by atoms with Crippen LogP contribution < -0.4 is 5.32 Å². The molecule has 1 heterocycles. The Morgan fingerprint density at radius 2 is 2.10 bits per heavy atom. The molecule has 0 radical (unpaired) electrons. The molecule has 0 spiro atoms. The highest BCUT2D eigenvalue weighted by Crippen LogP contribution is 2.17. The monoisotopic (exact) mass is 276 g/mol. The second kappa shape index (κ2) is 6.25. The Bertz CT molecular complexity index is 580. The van der Waals surface area contributed by atoms with E-state index >= 15 is 0 Å². The molecule has 0 fully saturated rings. The van der Waals surface area contributed by atoms with Gasteiger partial charge in [-0.05, 0) is 12.5 Å². The zero-order chi connectivity index (χ0) is 14.5. The number of nitro groups is 1. The SMILES string of the molecule is Cc1nc(CCNC(C)c2ccc([N+](=O)[O-])cc2)no1. The molecule has 7 heteroatoms. The molecule has 1 N–H and O–H groups in total. The van der Waals surface area contributed by atoms with E-state index in [0.717, 1.165) is 5.56 Å². The Morgan fingerprint density at radius 1 is 1.40 bits per heavy atom. The maximum absolute atomic E-state index is 10.6. The summed E-state index contributed by atoms with van der Waals surface area (Å²) in [6, 6.07) is 6.64. The molecular formula is C13H16N4O3. The van der Waals surface area contributed by atoms with Gasteiger partial charge in [-0.1, -0.05) is 17.3 Å². The number of nitrogens with zero attached hydrogens (tertiary/aromatic N) is 3. The fourth-order valence-corrected chi connectivity index (χ4v) is 1.85. The lowest BCUT2D eigenvalue weighted by Crippen LogP contribution is -2.21. The lowest BCUT2D eigenvalue weighted by atomic mass is 10.1. The van der Waals surface area contributed by atoms with Crippen molar-refractivity contribution in [3.8, 4) is 0 Å². The average molecular weight is 276 g/mol. The second-order valence-corrected chi connectivity index (χ2v) is 4.50. The van der Waals surface area contributed by atoms with Crippen LogP contribution >= 0.6 is 0 Å². The van der Waals surface area contributed by atoms with Gasteiger partial charge in [0.25, 0.3) is 5.69 Å². The predicted molar refractivity (Wildman–Crippen MR) is 72.3 cm³/mol. The zero-order valence-corrected chi connectivity index (χ0v) is 11.4. The highest BCUT2D eigenvalue weighted by Gasteiger charge is 2.09. The summed E-state index contributed by atoms with van der Waals surface area (Å²) in [7, 11) is 0. The van der Waals surface area contributed by atoms with Crippen LogP contribution in [0.25, 0.3) is 0 Å². The van der Waals surface area contributed by atoms with E-state index < -0.39 is 4.92 Å². The van der Waals surface area contributed by atoms with E-state index in [2.05, 4.69) is 15.5 Å². The van der Waals surface area contributed by atoms with E-state index in [-0.39, 0.29) is 11.7 Å². The number of aryl methyl sites for hydroxylation is 1. The van der Waals surface area contributed by atoms with Gasteiger partial charge in [0.15, 0.2) is 5.82 Å². The van der Waals surface area contributed by atoms with Gasteiger partial charge in [-0.25, -0.2) is 0 Å². The van der Waals surface area contributed by atoms with Crippen LogP contribution in [0.2, 0.25) is 0 Å². The third kappa shape index (κ3) is 3.61. The van der Waals surface area contributed by atoms with Crippen LogP contribution in [-0.2, 0) is 6.42 Å². The number of benzene rings is 1. The molecule has 0 saturated heterocycles. The highest BCUT2D eigenvalue weighted by molar-refractivity contribution is 5.34. The largest absolute Gasteiger partial charge is 0.340 e. The summed E-state index contributed by atoms with van der Waals surface area (Å²) in [6.45, 7) is 4.46. The lowest BCUT2D eigenvalue weighted by molar-refractivity contribution is -0.384. The summed E-state index contributed by atoms with van der Waals surface area (Å²) < 4.78 is 4.89. The first-order valence-corrected chi connectivity index (χ1v) is 6.33. The van der Waals surface area contributed by atoms with Gasteiger partial charge >= 0.3 is 0 Å². The number of rotatable bonds is 6. The summed E-state index contributed by atoms with van der Waals surface area (Å²) >= 11 is 0. The van der Waals surface area contributed by atoms with Gasteiger partial charge in [0.05, 0.1) is 4.92 Å². The molecule has 20 heavy (non-hydrogen) atoms. The molecule has 106 valence electrons. The molecule has 7 nitrogen and oxygen atoms in total. The van der Waals surface area contributed by atoms with Crippen molar-refractivity contribution < 1.29 is 9.45 Å². The minimum Gasteiger partial charge on any atom is -0.340 e. The first kappa shape index (κ1) is 14.1. The predicted octanol–water partition coefficient (Wildman–Crippen LogP) is 2.18. The Balaban J connectivity index is 1.85. The van der Waals surface area contributed by atoms with E-state index in [0.29, 0.717) is 24.7 Å². The minimum atomic E-state index is -0.402. The number of hydrogen-bond acceptors (Lipinski definition) is 6. The molecule has 0 aliphatic rings. The quantitative estimate of drug-likeness (QED) is 0.642. The Kier molecular flexibility index (Phi) is 4.41. The molecular weight excluding hydrogens is 260 g/mol. The minimum absolute atomic E-state index is 0.100. The summed E-state index contributed by atoms with van der Waals surface area (Å²) in [5, 5.41) is 17.7. The molecule has 1 aromatic heterocycles. The van der Waals surface area contributed by atoms with Crippen molar-refractivity contribution >= 4 is 5.69 Å². The zero-order valence-electron chi connectivity index (χ0n) is 11.4. The van der Waals surface area contributed by atoms with E-state index in [9.17, 15) is 10.1 Å². The molecule has 1 atom stereocenters. The van der Waals surface area contributed by atoms with Crippen molar-refractivity contribution in [1.82, 2.24) is 15.5 Å². The van der Waals surface area contributed by atoms with Crippen molar-refractivity contribution in [1.29, 1.82) is 0 Å². The molecule has 1 aromatic carbocycles. The maximum atomic E-state index is 10.6. The third-order valence-corrected chi connectivity index (χ3v) is 2.97. The number of nitrogens with one attached hydrogen (secondary N) is 1. The van der Waals surface area contributed by atoms with Gasteiger partial charge in [0.2, 0.25) is 5.89 Å². The maximum Gasteiger partial charge on any atom is 0.269 e. The van der Waals surface area contributed by atoms with Crippen molar-refractivity contribution in [2.75, 3.05) is 6.54 Å². The number of nitro benzene ring substituents is 1. The normalized spacial score (nSPS) is 12.3. The van der Waals surface area contributed by atoms with Gasteiger partial charge < -0.3 is 9.84 Å². The van der Waals surface area contributed by atoms with Crippen LogP contribution in [0.3, 0.4) is 0 Å². The smallest absolute Gasteiger partial charge is 0.269 e. The number of non-ortho nitro benzene ring substituents is 1. The summed E-state index contributed by atoms with van der Waals surface area (Å²) in [5.41, 5.74) is 1.10. The molecule has 2 aromatic rings. The van der Waals surface area contributed by atoms with Crippen LogP contribution in [0, 0.1) is 17.0 Å². The standard InChI is InChI=1S/C13H16N4O3/c1-9(11-3-5-12(6-4-11)17(18)19)14-8-7-13-15-10(2)20-16-13/h3-6,9,14H,7-8H2,1-2H3. The molecule has 2 rings (SSSR count).